The number of aryl methyl sites for hydroxylation is 1. The molecule has 0 bridgehead atoms. The molecule has 1 atom stereocenters. The summed E-state index contributed by atoms with van der Waals surface area (Å²) in [4.78, 5) is 12.1. The van der Waals surface area contributed by atoms with E-state index in [9.17, 15) is 4.79 Å². The summed E-state index contributed by atoms with van der Waals surface area (Å²) in [5.41, 5.74) is 7.13. The van der Waals surface area contributed by atoms with Crippen molar-refractivity contribution >= 4 is 16.7 Å². The number of methoxy groups -OCH3 is 1. The molecular formula is C44H43NO5. The van der Waals surface area contributed by atoms with Crippen LogP contribution < -0.4 is 24.3 Å². The summed E-state index contributed by atoms with van der Waals surface area (Å²) < 4.78 is 25.6. The minimum atomic E-state index is -0.145. The fraction of sp³-hybridized carbons (Fsp3) is 0.205. The molecule has 254 valence electrons. The molecule has 6 aromatic carbocycles. The Labute approximate surface area is 294 Å². The lowest BCUT2D eigenvalue weighted by atomic mass is 9.89. The van der Waals surface area contributed by atoms with Crippen molar-refractivity contribution in [2.45, 2.75) is 53.1 Å². The van der Waals surface area contributed by atoms with E-state index in [1.165, 1.54) is 0 Å². The molecule has 0 fully saturated rings. The summed E-state index contributed by atoms with van der Waals surface area (Å²) in [6.45, 7) is 6.82. The number of ether oxygens (including phenoxy) is 4. The number of carbonyl (C=O) groups is 1. The van der Waals surface area contributed by atoms with Crippen molar-refractivity contribution in [1.29, 1.82) is 0 Å². The Morgan fingerprint density at radius 2 is 1.22 bits per heavy atom. The monoisotopic (exact) mass is 665 g/mol. The molecule has 0 aromatic heterocycles. The van der Waals surface area contributed by atoms with Crippen molar-refractivity contribution in [2.75, 3.05) is 7.11 Å². The molecule has 0 aliphatic rings. The first-order chi connectivity index (χ1) is 24.4. The summed E-state index contributed by atoms with van der Waals surface area (Å²) >= 11 is 0. The first-order valence-corrected chi connectivity index (χ1v) is 16.9. The third-order valence-electron chi connectivity index (χ3n) is 8.53. The topological polar surface area (TPSA) is 66.0 Å². The Morgan fingerprint density at radius 1 is 0.660 bits per heavy atom. The second kappa shape index (κ2) is 16.1. The molecule has 1 amide bonds. The highest BCUT2D eigenvalue weighted by Crippen LogP contribution is 2.46. The Kier molecular flexibility index (Phi) is 11.0. The van der Waals surface area contributed by atoms with E-state index in [1.807, 2.05) is 91.9 Å². The molecule has 0 unspecified atom stereocenters. The van der Waals surface area contributed by atoms with Crippen LogP contribution in [0.1, 0.15) is 41.7 Å². The van der Waals surface area contributed by atoms with Crippen molar-refractivity contribution in [3.63, 3.8) is 0 Å². The van der Waals surface area contributed by atoms with E-state index in [0.717, 1.165) is 61.2 Å². The van der Waals surface area contributed by atoms with E-state index in [4.69, 9.17) is 18.9 Å². The number of rotatable bonds is 14. The Balaban J connectivity index is 1.52. The summed E-state index contributed by atoms with van der Waals surface area (Å²) in [6, 6.07) is 42.6. The van der Waals surface area contributed by atoms with Gasteiger partial charge in [0.2, 0.25) is 5.91 Å². The average molecular weight is 666 g/mol. The summed E-state index contributed by atoms with van der Waals surface area (Å²) in [5, 5.41) is 4.93. The predicted molar refractivity (Wildman–Crippen MR) is 200 cm³/mol. The fourth-order valence-electron chi connectivity index (χ4n) is 6.30. The molecule has 0 spiro atoms. The van der Waals surface area contributed by atoms with Gasteiger partial charge in [-0.3, -0.25) is 4.79 Å². The maximum absolute atomic E-state index is 12.1. The van der Waals surface area contributed by atoms with E-state index in [0.29, 0.717) is 37.7 Å². The number of hydrogen-bond donors (Lipinski definition) is 1. The highest BCUT2D eigenvalue weighted by atomic mass is 16.5. The van der Waals surface area contributed by atoms with Crippen LogP contribution in [0.4, 0.5) is 0 Å². The van der Waals surface area contributed by atoms with Gasteiger partial charge in [-0.2, -0.15) is 0 Å². The zero-order chi connectivity index (χ0) is 34.9. The maximum atomic E-state index is 12.1. The number of fused-ring (bicyclic) bond motifs is 1. The lowest BCUT2D eigenvalue weighted by Gasteiger charge is -2.23. The van der Waals surface area contributed by atoms with Crippen LogP contribution in [0, 0.1) is 6.92 Å². The van der Waals surface area contributed by atoms with E-state index in [-0.39, 0.29) is 11.9 Å². The largest absolute Gasteiger partial charge is 0.496 e. The molecule has 6 nitrogen and oxygen atoms in total. The molecule has 0 radical (unpaired) electrons. The number of hydrogen-bond acceptors (Lipinski definition) is 5. The van der Waals surface area contributed by atoms with Gasteiger partial charge in [-0.05, 0) is 83.3 Å². The summed E-state index contributed by atoms with van der Waals surface area (Å²) in [6.07, 6.45) is 0.551. The second-order valence-corrected chi connectivity index (χ2v) is 12.6. The third-order valence-corrected chi connectivity index (χ3v) is 8.53. The molecule has 0 aliphatic carbocycles. The van der Waals surface area contributed by atoms with Gasteiger partial charge in [-0.25, -0.2) is 0 Å². The molecule has 6 rings (SSSR count). The van der Waals surface area contributed by atoms with Crippen molar-refractivity contribution < 1.29 is 23.7 Å². The van der Waals surface area contributed by atoms with Gasteiger partial charge in [0, 0.05) is 24.6 Å². The van der Waals surface area contributed by atoms with Crippen LogP contribution in [0.25, 0.3) is 21.9 Å². The normalized spacial score (nSPS) is 11.5. The minimum absolute atomic E-state index is 0.0817. The van der Waals surface area contributed by atoms with Gasteiger partial charge in [-0.1, -0.05) is 97.1 Å². The number of nitrogens with one attached hydrogen (secondary N) is 1. The second-order valence-electron chi connectivity index (χ2n) is 12.6. The highest BCUT2D eigenvalue weighted by molar-refractivity contribution is 6.05. The first-order valence-electron chi connectivity index (χ1n) is 16.9. The van der Waals surface area contributed by atoms with E-state index >= 15 is 0 Å². The van der Waals surface area contributed by atoms with E-state index in [1.54, 1.807) is 14.0 Å². The lowest BCUT2D eigenvalue weighted by molar-refractivity contribution is -0.119. The molecule has 6 heteroatoms. The van der Waals surface area contributed by atoms with Crippen LogP contribution >= 0.6 is 0 Å². The Morgan fingerprint density at radius 3 is 1.78 bits per heavy atom. The van der Waals surface area contributed by atoms with E-state index in [2.05, 4.69) is 54.7 Å². The average Bonchev–Trinajstić information content (AvgIpc) is 3.12. The standard InChI is InChI=1S/C44H43NO5/c1-30-22-39-38(20-21-40(44(39)41(23-30)47-4)49-28-34-16-10-6-11-17-34)43-36(24-31(2)45-32(3)46)25-37(48-27-33-14-8-5-9-15-33)26-42(43)50-29-35-18-12-7-13-19-35/h5-23,25-26,31H,24,27-29H2,1-4H3,(H,45,46)/t31-/m1/s1. The molecule has 0 saturated heterocycles. The number of carbonyl (C=O) groups excluding carboxylic acids is 1. The van der Waals surface area contributed by atoms with Gasteiger partial charge in [0.15, 0.2) is 0 Å². The molecule has 50 heavy (non-hydrogen) atoms. The van der Waals surface area contributed by atoms with Crippen molar-refractivity contribution in [3.8, 4) is 34.1 Å². The highest BCUT2D eigenvalue weighted by Gasteiger charge is 2.22. The molecule has 1 N–H and O–H groups in total. The van der Waals surface area contributed by atoms with E-state index < -0.39 is 0 Å². The zero-order valence-corrected chi connectivity index (χ0v) is 29.1. The SMILES string of the molecule is COc1cc(C)cc2c(-c3c(C[C@@H](C)NC(C)=O)cc(OCc4ccccc4)cc3OCc3ccccc3)ccc(OCc3ccccc3)c12. The van der Waals surface area contributed by atoms with Crippen molar-refractivity contribution in [1.82, 2.24) is 5.32 Å². The van der Waals surface area contributed by atoms with Crippen LogP contribution in [0.5, 0.6) is 23.0 Å². The third kappa shape index (κ3) is 8.45. The van der Waals surface area contributed by atoms with Crippen LogP contribution in [0.15, 0.2) is 127 Å². The van der Waals surface area contributed by atoms with Gasteiger partial charge >= 0.3 is 0 Å². The van der Waals surface area contributed by atoms with Crippen LogP contribution in [-0.2, 0) is 31.0 Å². The Bertz CT molecular complexity index is 2050. The van der Waals surface area contributed by atoms with Crippen LogP contribution in [0.2, 0.25) is 0 Å². The van der Waals surface area contributed by atoms with Gasteiger partial charge in [0.05, 0.1) is 12.5 Å². The quantitative estimate of drug-likeness (QED) is 0.126. The van der Waals surface area contributed by atoms with Gasteiger partial charge < -0.3 is 24.3 Å². The van der Waals surface area contributed by atoms with Crippen molar-refractivity contribution in [2.24, 2.45) is 0 Å². The first kappa shape index (κ1) is 34.1. The predicted octanol–water partition coefficient (Wildman–Crippen LogP) is 9.63. The molecule has 0 aliphatic heterocycles. The Hall–Kier alpha value is -5.75. The smallest absolute Gasteiger partial charge is 0.217 e. The number of benzene rings is 6. The summed E-state index contributed by atoms with van der Waals surface area (Å²) in [5.74, 6) is 2.75. The molecular weight excluding hydrogens is 622 g/mol. The minimum Gasteiger partial charge on any atom is -0.496 e. The fourth-order valence-corrected chi connectivity index (χ4v) is 6.30. The number of amides is 1. The lowest BCUT2D eigenvalue weighted by Crippen LogP contribution is -2.32. The van der Waals surface area contributed by atoms with Crippen LogP contribution in [-0.4, -0.2) is 19.1 Å². The van der Waals surface area contributed by atoms with Gasteiger partial charge in [0.25, 0.3) is 0 Å². The molecule has 0 saturated carbocycles. The van der Waals surface area contributed by atoms with Gasteiger partial charge in [-0.15, -0.1) is 0 Å². The van der Waals surface area contributed by atoms with Crippen molar-refractivity contribution in [3.05, 3.63) is 155 Å². The van der Waals surface area contributed by atoms with Crippen LogP contribution in [0.3, 0.4) is 0 Å². The molecule has 0 heterocycles. The zero-order valence-electron chi connectivity index (χ0n) is 29.1. The van der Waals surface area contributed by atoms with Gasteiger partial charge in [0.1, 0.15) is 42.8 Å². The maximum Gasteiger partial charge on any atom is 0.217 e. The molecule has 6 aromatic rings. The summed E-state index contributed by atoms with van der Waals surface area (Å²) in [7, 11) is 1.69.